The summed E-state index contributed by atoms with van der Waals surface area (Å²) in [5.74, 6) is 0.775. The van der Waals surface area contributed by atoms with Crippen molar-refractivity contribution in [2.75, 3.05) is 0 Å². The van der Waals surface area contributed by atoms with Crippen molar-refractivity contribution in [2.45, 2.75) is 84.0 Å². The number of rotatable bonds is 3. The highest BCUT2D eigenvalue weighted by atomic mass is 16.7. The van der Waals surface area contributed by atoms with Crippen molar-refractivity contribution in [3.05, 3.63) is 58.7 Å². The third-order valence-electron chi connectivity index (χ3n) is 6.60. The molecule has 1 aliphatic carbocycles. The van der Waals surface area contributed by atoms with E-state index in [-0.39, 0.29) is 11.9 Å². The van der Waals surface area contributed by atoms with Crippen LogP contribution in [0.2, 0.25) is 0 Å². The molecule has 0 bridgehead atoms. The molecule has 0 spiro atoms. The first-order chi connectivity index (χ1) is 15.6. The van der Waals surface area contributed by atoms with Crippen LogP contribution in [0.5, 0.6) is 11.5 Å². The fraction of sp³-hybridized carbons (Fsp3) is 0.500. The van der Waals surface area contributed by atoms with Crippen LogP contribution < -0.4 is 9.47 Å². The van der Waals surface area contributed by atoms with E-state index in [4.69, 9.17) is 14.2 Å². The van der Waals surface area contributed by atoms with Crippen molar-refractivity contribution in [3.63, 3.8) is 0 Å². The Morgan fingerprint density at radius 1 is 1.12 bits per heavy atom. The highest BCUT2D eigenvalue weighted by Gasteiger charge is 2.42. The Bertz CT molecular complexity index is 1090. The molecule has 0 aromatic heterocycles. The summed E-state index contributed by atoms with van der Waals surface area (Å²) in [6, 6.07) is 13.8. The molecule has 33 heavy (non-hydrogen) atoms. The summed E-state index contributed by atoms with van der Waals surface area (Å²) in [4.78, 5) is 12.6. The summed E-state index contributed by atoms with van der Waals surface area (Å²) >= 11 is 0. The van der Waals surface area contributed by atoms with Gasteiger partial charge in [0.05, 0.1) is 17.6 Å². The van der Waals surface area contributed by atoms with E-state index in [9.17, 15) is 10.1 Å². The van der Waals surface area contributed by atoms with Crippen LogP contribution in [-0.2, 0) is 15.3 Å². The van der Waals surface area contributed by atoms with Gasteiger partial charge in [-0.25, -0.2) is 0 Å². The van der Waals surface area contributed by atoms with Crippen molar-refractivity contribution >= 4 is 5.97 Å². The molecule has 174 valence electrons. The number of benzene rings is 2. The fourth-order valence-electron chi connectivity index (χ4n) is 5.06. The summed E-state index contributed by atoms with van der Waals surface area (Å²) in [5.41, 5.74) is 3.18. The lowest BCUT2D eigenvalue weighted by Gasteiger charge is -2.26. The molecule has 0 saturated heterocycles. The van der Waals surface area contributed by atoms with Crippen LogP contribution in [0.4, 0.5) is 0 Å². The molecule has 3 unspecified atom stereocenters. The summed E-state index contributed by atoms with van der Waals surface area (Å²) in [6.07, 6.45) is 4.57. The SMILES string of the molecule is Cc1cc(C#N)ccc1C1(C)Oc2cccc(C3CCCC(C(=O)OC(C)(C)C)CC3)c2O1. The van der Waals surface area contributed by atoms with E-state index in [0.717, 1.165) is 60.3 Å². The van der Waals surface area contributed by atoms with Crippen molar-refractivity contribution in [3.8, 4) is 17.6 Å². The van der Waals surface area contributed by atoms with Gasteiger partial charge < -0.3 is 14.2 Å². The number of fused-ring (bicyclic) bond motifs is 1. The monoisotopic (exact) mass is 447 g/mol. The highest BCUT2D eigenvalue weighted by molar-refractivity contribution is 5.73. The third kappa shape index (κ3) is 4.85. The molecule has 5 nitrogen and oxygen atoms in total. The van der Waals surface area contributed by atoms with Gasteiger partial charge in [0.1, 0.15) is 5.60 Å². The molecule has 3 atom stereocenters. The van der Waals surface area contributed by atoms with Gasteiger partial charge in [-0.3, -0.25) is 4.79 Å². The zero-order chi connectivity index (χ0) is 23.8. The van der Waals surface area contributed by atoms with Gasteiger partial charge in [-0.2, -0.15) is 5.26 Å². The molecule has 2 aromatic rings. The minimum absolute atomic E-state index is 0.0466. The Hall–Kier alpha value is -3.00. The maximum Gasteiger partial charge on any atom is 0.309 e. The largest absolute Gasteiger partial charge is 0.460 e. The van der Waals surface area contributed by atoms with Crippen molar-refractivity contribution in [1.82, 2.24) is 0 Å². The second-order valence-electron chi connectivity index (χ2n) is 10.4. The van der Waals surface area contributed by atoms with E-state index >= 15 is 0 Å². The van der Waals surface area contributed by atoms with E-state index in [2.05, 4.69) is 12.1 Å². The van der Waals surface area contributed by atoms with Crippen molar-refractivity contribution in [1.29, 1.82) is 5.26 Å². The average molecular weight is 448 g/mol. The molecule has 1 heterocycles. The molecule has 2 aromatic carbocycles. The Morgan fingerprint density at radius 2 is 1.91 bits per heavy atom. The normalized spacial score (nSPS) is 24.6. The Balaban J connectivity index is 1.54. The number of para-hydroxylation sites is 1. The lowest BCUT2D eigenvalue weighted by atomic mass is 9.90. The molecular formula is C28H33NO4. The third-order valence-corrected chi connectivity index (χ3v) is 6.60. The van der Waals surface area contributed by atoms with Crippen LogP contribution in [0.3, 0.4) is 0 Å². The number of nitriles is 1. The highest BCUT2D eigenvalue weighted by Crippen LogP contribution is 2.50. The van der Waals surface area contributed by atoms with Crippen LogP contribution in [0, 0.1) is 24.2 Å². The smallest absolute Gasteiger partial charge is 0.309 e. The molecule has 5 heteroatoms. The van der Waals surface area contributed by atoms with Gasteiger partial charge in [-0.1, -0.05) is 18.6 Å². The number of hydrogen-bond acceptors (Lipinski definition) is 5. The maximum atomic E-state index is 12.6. The minimum Gasteiger partial charge on any atom is -0.460 e. The van der Waals surface area contributed by atoms with Crippen LogP contribution in [0.25, 0.3) is 0 Å². The Labute approximate surface area is 196 Å². The van der Waals surface area contributed by atoms with E-state index in [1.165, 1.54) is 0 Å². The summed E-state index contributed by atoms with van der Waals surface area (Å²) in [7, 11) is 0. The number of carbonyl (C=O) groups is 1. The number of ether oxygens (including phenoxy) is 3. The van der Waals surface area contributed by atoms with Gasteiger partial charge in [0, 0.05) is 18.1 Å². The van der Waals surface area contributed by atoms with E-state index < -0.39 is 11.4 Å². The fourth-order valence-corrected chi connectivity index (χ4v) is 5.06. The number of esters is 1. The van der Waals surface area contributed by atoms with Crippen LogP contribution >= 0.6 is 0 Å². The first-order valence-electron chi connectivity index (χ1n) is 11.8. The topological polar surface area (TPSA) is 68.5 Å². The first-order valence-corrected chi connectivity index (χ1v) is 11.8. The summed E-state index contributed by atoms with van der Waals surface area (Å²) < 4.78 is 18.5. The van der Waals surface area contributed by atoms with E-state index in [1.54, 1.807) is 6.07 Å². The quantitative estimate of drug-likeness (QED) is 0.396. The number of hydrogen-bond donors (Lipinski definition) is 0. The van der Waals surface area contributed by atoms with Gasteiger partial charge in [0.15, 0.2) is 11.5 Å². The Kier molecular flexibility index (Phi) is 6.14. The van der Waals surface area contributed by atoms with Gasteiger partial charge in [0.25, 0.3) is 5.79 Å². The molecule has 0 radical (unpaired) electrons. The zero-order valence-corrected chi connectivity index (χ0v) is 20.2. The van der Waals surface area contributed by atoms with Crippen molar-refractivity contribution < 1.29 is 19.0 Å². The molecule has 0 N–H and O–H groups in total. The number of nitrogens with zero attached hydrogens (tertiary/aromatic N) is 1. The first kappa shape index (κ1) is 23.2. The standard InChI is InChI=1S/C28H33NO4/c1-18-16-19(17-29)12-15-23(18)28(5)31-24-11-7-10-22(25(24)32-28)20-8-6-9-21(14-13-20)26(30)33-27(2,3)4/h7,10-12,15-16,20-21H,6,8-9,13-14H2,1-5H3. The van der Waals surface area contributed by atoms with Crippen molar-refractivity contribution in [2.24, 2.45) is 5.92 Å². The predicted molar refractivity (Wildman–Crippen MR) is 126 cm³/mol. The summed E-state index contributed by atoms with van der Waals surface area (Å²) in [5, 5.41) is 9.19. The van der Waals surface area contributed by atoms with E-state index in [1.807, 2.05) is 58.9 Å². The molecule has 1 aliphatic heterocycles. The molecule has 0 amide bonds. The number of aryl methyl sites for hydroxylation is 1. The van der Waals surface area contributed by atoms with E-state index in [0.29, 0.717) is 11.5 Å². The van der Waals surface area contributed by atoms with Gasteiger partial charge in [-0.05, 0) is 89.1 Å². The second-order valence-corrected chi connectivity index (χ2v) is 10.4. The molecular weight excluding hydrogens is 414 g/mol. The lowest BCUT2D eigenvalue weighted by Crippen LogP contribution is -2.32. The van der Waals surface area contributed by atoms with Crippen LogP contribution in [0.1, 0.15) is 88.0 Å². The van der Waals surface area contributed by atoms with Gasteiger partial charge >= 0.3 is 5.97 Å². The predicted octanol–water partition coefficient (Wildman–Crippen LogP) is 6.52. The number of carbonyl (C=O) groups excluding carboxylic acids is 1. The second kappa shape index (κ2) is 8.74. The van der Waals surface area contributed by atoms with Gasteiger partial charge in [0.2, 0.25) is 0 Å². The molecule has 2 aliphatic rings. The summed E-state index contributed by atoms with van der Waals surface area (Å²) in [6.45, 7) is 9.65. The molecule has 1 saturated carbocycles. The lowest BCUT2D eigenvalue weighted by molar-refractivity contribution is -0.160. The van der Waals surface area contributed by atoms with Crippen LogP contribution in [-0.4, -0.2) is 11.6 Å². The van der Waals surface area contributed by atoms with Crippen LogP contribution in [0.15, 0.2) is 36.4 Å². The molecule has 1 fully saturated rings. The average Bonchev–Trinajstić information content (AvgIpc) is 2.92. The molecule has 4 rings (SSSR count). The van der Waals surface area contributed by atoms with Gasteiger partial charge in [-0.15, -0.1) is 0 Å². The Morgan fingerprint density at radius 3 is 2.61 bits per heavy atom. The minimum atomic E-state index is -0.944. The zero-order valence-electron chi connectivity index (χ0n) is 20.2. The maximum absolute atomic E-state index is 12.6.